The van der Waals surface area contributed by atoms with E-state index in [1.165, 1.54) is 5.56 Å². The second kappa shape index (κ2) is 7.50. The van der Waals surface area contributed by atoms with Crippen molar-refractivity contribution in [3.05, 3.63) is 66.2 Å². The molecule has 0 aromatic heterocycles. The number of methoxy groups -OCH3 is 1. The Morgan fingerprint density at radius 3 is 1.53 bits per heavy atom. The van der Waals surface area contributed by atoms with Gasteiger partial charge >= 0.3 is 0 Å². The van der Waals surface area contributed by atoms with Gasteiger partial charge in [-0.05, 0) is 23.6 Å². The Morgan fingerprint density at radius 1 is 0.765 bits per heavy atom. The smallest absolute Gasteiger partial charge is 0.118 e. The molecule has 0 unspecified atom stereocenters. The molecule has 2 aromatic carbocycles. The predicted molar refractivity (Wildman–Crippen MR) is 73.5 cm³/mol. The van der Waals surface area contributed by atoms with E-state index in [2.05, 4.69) is 38.1 Å². The maximum atomic E-state index is 4.91. The average Bonchev–Trinajstić information content (AvgIpc) is 2.41. The van der Waals surface area contributed by atoms with Gasteiger partial charge in [-0.3, -0.25) is 0 Å². The monoisotopic (exact) mass is 228 g/mol. The summed E-state index contributed by atoms with van der Waals surface area (Å²) in [5.74, 6) is 1.57. The standard InChI is InChI=1S/C9H12.C7H8O/c1-8(2)9-6-4-3-5-7-9;1-8-7-5-3-2-4-6-7/h3-8H,1-2H3;2-6H,1H3. The number of rotatable bonds is 2. The van der Waals surface area contributed by atoms with Gasteiger partial charge in [0.05, 0.1) is 7.11 Å². The first-order valence-corrected chi connectivity index (χ1v) is 5.88. The van der Waals surface area contributed by atoms with E-state index in [-0.39, 0.29) is 0 Å². The van der Waals surface area contributed by atoms with Crippen molar-refractivity contribution in [3.63, 3.8) is 0 Å². The van der Waals surface area contributed by atoms with Crippen LogP contribution in [-0.4, -0.2) is 7.11 Å². The molecule has 0 atom stereocenters. The number of para-hydroxylation sites is 1. The fourth-order valence-corrected chi connectivity index (χ4v) is 1.39. The molecular formula is C16H20O. The molecule has 1 nitrogen and oxygen atoms in total. The summed E-state index contributed by atoms with van der Waals surface area (Å²) in [5, 5.41) is 0. The van der Waals surface area contributed by atoms with E-state index < -0.39 is 0 Å². The maximum Gasteiger partial charge on any atom is 0.118 e. The molecule has 0 aliphatic rings. The lowest BCUT2D eigenvalue weighted by Gasteiger charge is -2.01. The molecule has 0 N–H and O–H groups in total. The summed E-state index contributed by atoms with van der Waals surface area (Å²) in [4.78, 5) is 0. The molecule has 0 saturated heterocycles. The van der Waals surface area contributed by atoms with Crippen LogP contribution in [0.2, 0.25) is 0 Å². The minimum absolute atomic E-state index is 0.659. The van der Waals surface area contributed by atoms with Crippen molar-refractivity contribution in [1.29, 1.82) is 0 Å². The lowest BCUT2D eigenvalue weighted by Crippen LogP contribution is -1.83. The van der Waals surface area contributed by atoms with Crippen LogP contribution in [0.15, 0.2) is 60.7 Å². The van der Waals surface area contributed by atoms with Crippen LogP contribution in [0.25, 0.3) is 0 Å². The van der Waals surface area contributed by atoms with Crippen molar-refractivity contribution in [1.82, 2.24) is 0 Å². The van der Waals surface area contributed by atoms with Gasteiger partial charge in [-0.15, -0.1) is 0 Å². The second-order valence-corrected chi connectivity index (χ2v) is 4.08. The minimum Gasteiger partial charge on any atom is -0.497 e. The third-order valence-electron chi connectivity index (χ3n) is 2.45. The van der Waals surface area contributed by atoms with Crippen molar-refractivity contribution >= 4 is 0 Å². The molecule has 0 radical (unpaired) electrons. The molecule has 0 aliphatic carbocycles. The zero-order valence-corrected chi connectivity index (χ0v) is 10.8. The summed E-state index contributed by atoms with van der Waals surface area (Å²) in [6.45, 7) is 4.41. The quantitative estimate of drug-likeness (QED) is 0.735. The molecule has 1 heteroatoms. The van der Waals surface area contributed by atoms with E-state index in [1.54, 1.807) is 7.11 Å². The Morgan fingerprint density at radius 2 is 1.24 bits per heavy atom. The highest BCUT2D eigenvalue weighted by molar-refractivity contribution is 5.20. The van der Waals surface area contributed by atoms with Crippen LogP contribution >= 0.6 is 0 Å². The summed E-state index contributed by atoms with van der Waals surface area (Å²) in [6.07, 6.45) is 0. The molecule has 0 heterocycles. The molecule has 0 spiro atoms. The molecular weight excluding hydrogens is 208 g/mol. The summed E-state index contributed by atoms with van der Waals surface area (Å²) in [6, 6.07) is 20.2. The van der Waals surface area contributed by atoms with Gasteiger partial charge in [0.15, 0.2) is 0 Å². The van der Waals surface area contributed by atoms with E-state index in [1.807, 2.05) is 36.4 Å². The van der Waals surface area contributed by atoms with Crippen LogP contribution in [0.5, 0.6) is 5.75 Å². The topological polar surface area (TPSA) is 9.23 Å². The summed E-state index contributed by atoms with van der Waals surface area (Å²) < 4.78 is 4.91. The van der Waals surface area contributed by atoms with Crippen LogP contribution in [-0.2, 0) is 0 Å². The highest BCUT2D eigenvalue weighted by atomic mass is 16.5. The normalized spacial score (nSPS) is 9.41. The van der Waals surface area contributed by atoms with Gasteiger partial charge in [-0.2, -0.15) is 0 Å². The van der Waals surface area contributed by atoms with E-state index in [0.717, 1.165) is 5.75 Å². The number of hydrogen-bond donors (Lipinski definition) is 0. The Labute approximate surface area is 104 Å². The highest BCUT2D eigenvalue weighted by Gasteiger charge is 1.93. The summed E-state index contributed by atoms with van der Waals surface area (Å²) in [5.41, 5.74) is 1.41. The van der Waals surface area contributed by atoms with Gasteiger partial charge in [0, 0.05) is 0 Å². The van der Waals surface area contributed by atoms with Crippen LogP contribution in [0, 0.1) is 0 Å². The van der Waals surface area contributed by atoms with Gasteiger partial charge in [0.25, 0.3) is 0 Å². The van der Waals surface area contributed by atoms with Crippen LogP contribution < -0.4 is 4.74 Å². The van der Waals surface area contributed by atoms with E-state index in [4.69, 9.17) is 4.74 Å². The largest absolute Gasteiger partial charge is 0.497 e. The molecule has 90 valence electrons. The zero-order valence-electron chi connectivity index (χ0n) is 10.8. The fourth-order valence-electron chi connectivity index (χ4n) is 1.39. The Balaban J connectivity index is 0.000000171. The average molecular weight is 228 g/mol. The van der Waals surface area contributed by atoms with Crippen molar-refractivity contribution < 1.29 is 4.74 Å². The number of benzene rings is 2. The van der Waals surface area contributed by atoms with Crippen molar-refractivity contribution in [2.24, 2.45) is 0 Å². The highest BCUT2D eigenvalue weighted by Crippen LogP contribution is 2.11. The Hall–Kier alpha value is -1.76. The van der Waals surface area contributed by atoms with Crippen LogP contribution in [0.4, 0.5) is 0 Å². The number of hydrogen-bond acceptors (Lipinski definition) is 1. The summed E-state index contributed by atoms with van der Waals surface area (Å²) >= 11 is 0. The first-order valence-electron chi connectivity index (χ1n) is 5.88. The first-order chi connectivity index (χ1) is 8.24. The van der Waals surface area contributed by atoms with Gasteiger partial charge in [-0.25, -0.2) is 0 Å². The zero-order chi connectivity index (χ0) is 12.5. The Kier molecular flexibility index (Phi) is 5.87. The molecule has 0 saturated carbocycles. The fraction of sp³-hybridized carbons (Fsp3) is 0.250. The molecule has 0 fully saturated rings. The van der Waals surface area contributed by atoms with Gasteiger partial charge in [-0.1, -0.05) is 62.4 Å². The minimum atomic E-state index is 0.659. The molecule has 0 bridgehead atoms. The van der Waals surface area contributed by atoms with Crippen molar-refractivity contribution in [3.8, 4) is 5.75 Å². The van der Waals surface area contributed by atoms with Gasteiger partial charge in [0.2, 0.25) is 0 Å². The third-order valence-corrected chi connectivity index (χ3v) is 2.45. The van der Waals surface area contributed by atoms with Gasteiger partial charge < -0.3 is 4.74 Å². The lowest BCUT2D eigenvalue weighted by atomic mass is 10.0. The van der Waals surface area contributed by atoms with E-state index >= 15 is 0 Å². The molecule has 2 rings (SSSR count). The van der Waals surface area contributed by atoms with Crippen LogP contribution in [0.1, 0.15) is 25.3 Å². The molecule has 17 heavy (non-hydrogen) atoms. The van der Waals surface area contributed by atoms with Crippen LogP contribution in [0.3, 0.4) is 0 Å². The van der Waals surface area contributed by atoms with Gasteiger partial charge in [0.1, 0.15) is 5.75 Å². The lowest BCUT2D eigenvalue weighted by molar-refractivity contribution is 0.415. The van der Waals surface area contributed by atoms with Crippen molar-refractivity contribution in [2.75, 3.05) is 7.11 Å². The summed E-state index contributed by atoms with van der Waals surface area (Å²) in [7, 11) is 1.66. The Bertz CT molecular complexity index is 392. The number of ether oxygens (including phenoxy) is 1. The molecule has 2 aromatic rings. The first kappa shape index (κ1) is 13.3. The SMILES string of the molecule is CC(C)c1ccccc1.COc1ccccc1. The third kappa shape index (κ3) is 5.21. The maximum absolute atomic E-state index is 4.91. The van der Waals surface area contributed by atoms with E-state index in [0.29, 0.717) is 5.92 Å². The van der Waals surface area contributed by atoms with Crippen molar-refractivity contribution in [2.45, 2.75) is 19.8 Å². The molecule has 0 amide bonds. The predicted octanol–water partition coefficient (Wildman–Crippen LogP) is 4.51. The van der Waals surface area contributed by atoms with E-state index in [9.17, 15) is 0 Å². The molecule has 0 aliphatic heterocycles. The second-order valence-electron chi connectivity index (χ2n) is 4.08.